The molecule has 2 aliphatic heterocycles. The molecule has 2 spiro atoms. The van der Waals surface area contributed by atoms with E-state index in [1.807, 2.05) is 0 Å². The van der Waals surface area contributed by atoms with Crippen molar-refractivity contribution in [2.24, 2.45) is 5.41 Å². The number of likely N-dealkylation sites (tertiary alicyclic amines) is 1. The highest BCUT2D eigenvalue weighted by Crippen LogP contribution is 2.61. The molecule has 12 heavy (non-hydrogen) atoms. The van der Waals surface area contributed by atoms with Crippen LogP contribution < -0.4 is 5.32 Å². The maximum atomic E-state index is 3.53. The van der Waals surface area contributed by atoms with Crippen LogP contribution in [0.1, 0.15) is 25.7 Å². The molecule has 2 atom stereocenters. The molecule has 3 aliphatic rings. The molecule has 0 bridgehead atoms. The van der Waals surface area contributed by atoms with E-state index in [-0.39, 0.29) is 0 Å². The van der Waals surface area contributed by atoms with Gasteiger partial charge in [0.05, 0.1) is 0 Å². The van der Waals surface area contributed by atoms with Gasteiger partial charge in [-0.25, -0.2) is 0 Å². The summed E-state index contributed by atoms with van der Waals surface area (Å²) in [6, 6.07) is 0. The lowest BCUT2D eigenvalue weighted by Crippen LogP contribution is -2.73. The Morgan fingerprint density at radius 2 is 2.08 bits per heavy atom. The minimum absolute atomic E-state index is 0.649. The predicted molar refractivity (Wildman–Crippen MR) is 49.1 cm³/mol. The molecule has 1 aliphatic carbocycles. The molecule has 1 saturated carbocycles. The number of rotatable bonds is 0. The number of nitrogens with one attached hydrogen (secondary N) is 1. The van der Waals surface area contributed by atoms with Crippen LogP contribution in [0.4, 0.5) is 0 Å². The van der Waals surface area contributed by atoms with Gasteiger partial charge in [0.25, 0.3) is 0 Å². The largest absolute Gasteiger partial charge is 0.316 e. The van der Waals surface area contributed by atoms with Gasteiger partial charge in [0.15, 0.2) is 0 Å². The summed E-state index contributed by atoms with van der Waals surface area (Å²) in [5.74, 6) is 0. The second-order valence-electron chi connectivity index (χ2n) is 4.91. The Kier molecular flexibility index (Phi) is 1.25. The first-order valence-electron chi connectivity index (χ1n) is 5.21. The molecule has 0 aromatic heterocycles. The lowest BCUT2D eigenvalue weighted by atomic mass is 9.49. The molecule has 2 heteroatoms. The van der Waals surface area contributed by atoms with Gasteiger partial charge in [0.2, 0.25) is 0 Å². The van der Waals surface area contributed by atoms with Crippen molar-refractivity contribution in [3.8, 4) is 0 Å². The fourth-order valence-electron chi connectivity index (χ4n) is 3.71. The molecule has 0 aromatic rings. The molecule has 68 valence electrons. The molecule has 2 heterocycles. The lowest BCUT2D eigenvalue weighted by molar-refractivity contribution is -0.163. The highest BCUT2D eigenvalue weighted by molar-refractivity contribution is 5.20. The van der Waals surface area contributed by atoms with Crippen LogP contribution in [0.5, 0.6) is 0 Å². The van der Waals surface area contributed by atoms with E-state index in [9.17, 15) is 0 Å². The molecular formula is C10H18N2. The molecule has 0 radical (unpaired) electrons. The zero-order valence-electron chi connectivity index (χ0n) is 7.90. The lowest BCUT2D eigenvalue weighted by Gasteiger charge is -2.68. The maximum absolute atomic E-state index is 3.53. The zero-order chi connectivity index (χ0) is 8.23. The van der Waals surface area contributed by atoms with Gasteiger partial charge < -0.3 is 5.32 Å². The highest BCUT2D eigenvalue weighted by Gasteiger charge is 2.64. The quantitative estimate of drug-likeness (QED) is 0.573. The summed E-state index contributed by atoms with van der Waals surface area (Å²) in [4.78, 5) is 2.60. The first-order valence-corrected chi connectivity index (χ1v) is 5.21. The molecule has 0 aromatic carbocycles. The standard InChI is InChI=1S/C10H18N2/c1-12-7-5-10(12)3-2-9(10)4-6-11-8-9/h11H,2-8H2,1H3/t9-,10?/m0/s1. The molecule has 1 N–H and O–H groups in total. The monoisotopic (exact) mass is 166 g/mol. The van der Waals surface area contributed by atoms with Gasteiger partial charge in [0.1, 0.15) is 0 Å². The van der Waals surface area contributed by atoms with Crippen molar-refractivity contribution >= 4 is 0 Å². The fraction of sp³-hybridized carbons (Fsp3) is 1.00. The zero-order valence-corrected chi connectivity index (χ0v) is 7.90. The Morgan fingerprint density at radius 1 is 1.17 bits per heavy atom. The van der Waals surface area contributed by atoms with Gasteiger partial charge in [-0.2, -0.15) is 0 Å². The normalized spacial score (nSPS) is 52.8. The second-order valence-corrected chi connectivity index (χ2v) is 4.91. The summed E-state index contributed by atoms with van der Waals surface area (Å²) in [6.45, 7) is 3.88. The number of hydrogen-bond donors (Lipinski definition) is 1. The maximum Gasteiger partial charge on any atom is 0.0287 e. The smallest absolute Gasteiger partial charge is 0.0287 e. The second kappa shape index (κ2) is 2.05. The Labute approximate surface area is 74.3 Å². The predicted octanol–water partition coefficient (Wildman–Crippen LogP) is 0.834. The van der Waals surface area contributed by atoms with E-state index >= 15 is 0 Å². The molecule has 2 saturated heterocycles. The third-order valence-corrected chi connectivity index (χ3v) is 4.84. The van der Waals surface area contributed by atoms with Gasteiger partial charge in [-0.3, -0.25) is 4.90 Å². The first kappa shape index (κ1) is 7.34. The fourth-order valence-corrected chi connectivity index (χ4v) is 3.71. The molecule has 3 fully saturated rings. The van der Waals surface area contributed by atoms with E-state index in [4.69, 9.17) is 0 Å². The van der Waals surface area contributed by atoms with Crippen molar-refractivity contribution < 1.29 is 0 Å². The molecule has 1 unspecified atom stereocenters. The third-order valence-electron chi connectivity index (χ3n) is 4.84. The summed E-state index contributed by atoms with van der Waals surface area (Å²) in [6.07, 6.45) is 5.83. The van der Waals surface area contributed by atoms with Crippen LogP contribution in [0.2, 0.25) is 0 Å². The number of hydrogen-bond acceptors (Lipinski definition) is 2. The van der Waals surface area contributed by atoms with Crippen molar-refractivity contribution in [1.29, 1.82) is 0 Å². The summed E-state index contributed by atoms with van der Waals surface area (Å²) >= 11 is 0. The number of fused-ring (bicyclic) bond motifs is 1. The summed E-state index contributed by atoms with van der Waals surface area (Å²) in [7, 11) is 2.31. The van der Waals surface area contributed by atoms with E-state index in [1.54, 1.807) is 0 Å². The van der Waals surface area contributed by atoms with Gasteiger partial charge in [-0.15, -0.1) is 0 Å². The van der Waals surface area contributed by atoms with Gasteiger partial charge in [-0.05, 0) is 39.3 Å². The molecule has 0 amide bonds. The van der Waals surface area contributed by atoms with Crippen LogP contribution in [-0.4, -0.2) is 37.1 Å². The Hall–Kier alpha value is -0.0800. The van der Waals surface area contributed by atoms with E-state index in [0.29, 0.717) is 11.0 Å². The Balaban J connectivity index is 1.88. The Morgan fingerprint density at radius 3 is 2.42 bits per heavy atom. The SMILES string of the molecule is CN1CCC12CC[C@@]21CCNC1. The van der Waals surface area contributed by atoms with Crippen LogP contribution >= 0.6 is 0 Å². The first-order chi connectivity index (χ1) is 5.79. The van der Waals surface area contributed by atoms with E-state index < -0.39 is 0 Å². The van der Waals surface area contributed by atoms with Crippen molar-refractivity contribution in [1.82, 2.24) is 10.2 Å². The highest BCUT2D eigenvalue weighted by atomic mass is 15.3. The van der Waals surface area contributed by atoms with Crippen LogP contribution in [-0.2, 0) is 0 Å². The van der Waals surface area contributed by atoms with Crippen molar-refractivity contribution in [3.63, 3.8) is 0 Å². The van der Waals surface area contributed by atoms with E-state index in [0.717, 1.165) is 0 Å². The topological polar surface area (TPSA) is 15.3 Å². The van der Waals surface area contributed by atoms with Crippen molar-refractivity contribution in [3.05, 3.63) is 0 Å². The van der Waals surface area contributed by atoms with Crippen LogP contribution in [0.25, 0.3) is 0 Å². The Bertz CT molecular complexity index is 199. The van der Waals surface area contributed by atoms with Gasteiger partial charge >= 0.3 is 0 Å². The summed E-state index contributed by atoms with van der Waals surface area (Å²) in [5, 5.41) is 3.53. The van der Waals surface area contributed by atoms with Crippen LogP contribution in [0.15, 0.2) is 0 Å². The molecule has 3 rings (SSSR count). The van der Waals surface area contributed by atoms with E-state index in [1.165, 1.54) is 45.3 Å². The average molecular weight is 166 g/mol. The van der Waals surface area contributed by atoms with E-state index in [2.05, 4.69) is 17.3 Å². The third kappa shape index (κ3) is 0.579. The number of nitrogens with zero attached hydrogens (tertiary/aromatic N) is 1. The van der Waals surface area contributed by atoms with Crippen LogP contribution in [0, 0.1) is 5.41 Å². The van der Waals surface area contributed by atoms with Crippen LogP contribution in [0.3, 0.4) is 0 Å². The van der Waals surface area contributed by atoms with Crippen molar-refractivity contribution in [2.45, 2.75) is 31.2 Å². The minimum atomic E-state index is 0.649. The molecule has 2 nitrogen and oxygen atoms in total. The average Bonchev–Trinajstić information content (AvgIpc) is 2.50. The molecular weight excluding hydrogens is 148 g/mol. The van der Waals surface area contributed by atoms with Gasteiger partial charge in [0, 0.05) is 24.0 Å². The minimum Gasteiger partial charge on any atom is -0.316 e. The van der Waals surface area contributed by atoms with Crippen molar-refractivity contribution in [2.75, 3.05) is 26.7 Å². The summed E-state index contributed by atoms with van der Waals surface area (Å²) in [5.41, 5.74) is 1.34. The summed E-state index contributed by atoms with van der Waals surface area (Å²) < 4.78 is 0. The van der Waals surface area contributed by atoms with Gasteiger partial charge in [-0.1, -0.05) is 0 Å².